The van der Waals surface area contributed by atoms with E-state index in [1.165, 1.54) is 17.4 Å². The molecular weight excluding hydrogens is 298 g/mol. The Morgan fingerprint density at radius 1 is 1.27 bits per heavy atom. The average Bonchev–Trinajstić information content (AvgIpc) is 2.43. The second kappa shape index (κ2) is 8.78. The SMILES string of the molecule is CCNC(=NCCCS(C)(=O)=O)N(C)Cc1ccc(C)cc1. The molecule has 0 amide bonds. The zero-order valence-electron chi connectivity index (χ0n) is 14.0. The molecule has 124 valence electrons. The molecular formula is C16H27N3O2S. The summed E-state index contributed by atoms with van der Waals surface area (Å²) in [6, 6.07) is 8.41. The quantitative estimate of drug-likeness (QED) is 0.472. The van der Waals surface area contributed by atoms with Crippen LogP contribution in [0.4, 0.5) is 0 Å². The molecule has 0 unspecified atom stereocenters. The Kier molecular flexibility index (Phi) is 7.38. The third-order valence-electron chi connectivity index (χ3n) is 3.17. The summed E-state index contributed by atoms with van der Waals surface area (Å²) in [5, 5.41) is 3.24. The number of guanidine groups is 1. The van der Waals surface area contributed by atoms with Crippen LogP contribution in [0.3, 0.4) is 0 Å². The number of hydrogen-bond acceptors (Lipinski definition) is 3. The largest absolute Gasteiger partial charge is 0.357 e. The van der Waals surface area contributed by atoms with Crippen LogP contribution in [0.25, 0.3) is 0 Å². The van der Waals surface area contributed by atoms with Crippen LogP contribution in [0.5, 0.6) is 0 Å². The van der Waals surface area contributed by atoms with Gasteiger partial charge in [-0.1, -0.05) is 29.8 Å². The van der Waals surface area contributed by atoms with Crippen LogP contribution in [0.2, 0.25) is 0 Å². The lowest BCUT2D eigenvalue weighted by Crippen LogP contribution is -2.38. The molecule has 0 aliphatic rings. The average molecular weight is 325 g/mol. The minimum Gasteiger partial charge on any atom is -0.357 e. The highest BCUT2D eigenvalue weighted by Crippen LogP contribution is 2.06. The standard InChI is InChI=1S/C16H27N3O2S/c1-5-17-16(18-11-6-12-22(4,20)21)19(3)13-15-9-7-14(2)8-10-15/h7-10H,5-6,11-13H2,1-4H3,(H,17,18). The normalized spacial score (nSPS) is 12.3. The molecule has 1 aromatic carbocycles. The van der Waals surface area contributed by atoms with Gasteiger partial charge in [-0.05, 0) is 25.8 Å². The van der Waals surface area contributed by atoms with E-state index in [4.69, 9.17) is 0 Å². The molecule has 22 heavy (non-hydrogen) atoms. The van der Waals surface area contributed by atoms with Crippen LogP contribution < -0.4 is 5.32 Å². The number of benzene rings is 1. The Bertz CT molecular complexity index is 580. The maximum Gasteiger partial charge on any atom is 0.193 e. The van der Waals surface area contributed by atoms with Crippen LogP contribution >= 0.6 is 0 Å². The van der Waals surface area contributed by atoms with Gasteiger partial charge in [0.2, 0.25) is 0 Å². The Morgan fingerprint density at radius 2 is 1.91 bits per heavy atom. The summed E-state index contributed by atoms with van der Waals surface area (Å²) in [5.74, 6) is 0.981. The van der Waals surface area contributed by atoms with E-state index in [9.17, 15) is 8.42 Å². The van der Waals surface area contributed by atoms with Gasteiger partial charge in [-0.2, -0.15) is 0 Å². The van der Waals surface area contributed by atoms with E-state index >= 15 is 0 Å². The molecule has 1 aromatic rings. The van der Waals surface area contributed by atoms with Crippen LogP contribution in [0.15, 0.2) is 29.3 Å². The fourth-order valence-corrected chi connectivity index (χ4v) is 2.68. The van der Waals surface area contributed by atoms with E-state index in [-0.39, 0.29) is 5.75 Å². The van der Waals surface area contributed by atoms with Crippen molar-refractivity contribution in [2.45, 2.75) is 26.8 Å². The van der Waals surface area contributed by atoms with Crippen molar-refractivity contribution in [2.24, 2.45) is 4.99 Å². The molecule has 0 atom stereocenters. The summed E-state index contributed by atoms with van der Waals surface area (Å²) in [5.41, 5.74) is 2.46. The van der Waals surface area contributed by atoms with Crippen molar-refractivity contribution in [1.82, 2.24) is 10.2 Å². The smallest absolute Gasteiger partial charge is 0.193 e. The third-order valence-corrected chi connectivity index (χ3v) is 4.20. The van der Waals surface area contributed by atoms with Crippen molar-refractivity contribution in [1.29, 1.82) is 0 Å². The number of aliphatic imine (C=N–C) groups is 1. The first-order chi connectivity index (χ1) is 10.3. The van der Waals surface area contributed by atoms with Gasteiger partial charge in [-0.15, -0.1) is 0 Å². The third kappa shape index (κ3) is 7.45. The molecule has 1 N–H and O–H groups in total. The molecule has 0 heterocycles. The zero-order valence-corrected chi connectivity index (χ0v) is 14.8. The molecule has 5 nitrogen and oxygen atoms in total. The fraction of sp³-hybridized carbons (Fsp3) is 0.562. The second-order valence-corrected chi connectivity index (χ2v) is 7.82. The van der Waals surface area contributed by atoms with Gasteiger partial charge < -0.3 is 10.2 Å². The van der Waals surface area contributed by atoms with Crippen molar-refractivity contribution in [3.8, 4) is 0 Å². The topological polar surface area (TPSA) is 61.8 Å². The first-order valence-electron chi connectivity index (χ1n) is 7.54. The monoisotopic (exact) mass is 325 g/mol. The van der Waals surface area contributed by atoms with E-state index in [1.54, 1.807) is 0 Å². The maximum atomic E-state index is 11.1. The van der Waals surface area contributed by atoms with E-state index in [0.29, 0.717) is 13.0 Å². The number of nitrogens with one attached hydrogen (secondary N) is 1. The first-order valence-corrected chi connectivity index (χ1v) is 9.60. The molecule has 6 heteroatoms. The summed E-state index contributed by atoms with van der Waals surface area (Å²) in [7, 11) is -0.926. The number of aryl methyl sites for hydroxylation is 1. The van der Waals surface area contributed by atoms with Crippen molar-refractivity contribution < 1.29 is 8.42 Å². The van der Waals surface area contributed by atoms with Gasteiger partial charge >= 0.3 is 0 Å². The van der Waals surface area contributed by atoms with Crippen LogP contribution in [0, 0.1) is 6.92 Å². The molecule has 0 saturated heterocycles. The van der Waals surface area contributed by atoms with E-state index < -0.39 is 9.84 Å². The Morgan fingerprint density at radius 3 is 2.45 bits per heavy atom. The van der Waals surface area contributed by atoms with Crippen molar-refractivity contribution >= 4 is 15.8 Å². The molecule has 0 bridgehead atoms. The zero-order chi connectivity index (χ0) is 16.6. The van der Waals surface area contributed by atoms with Crippen molar-refractivity contribution in [2.75, 3.05) is 32.1 Å². The molecule has 1 rings (SSSR count). The van der Waals surface area contributed by atoms with Gasteiger partial charge in [-0.25, -0.2) is 8.42 Å². The summed E-state index contributed by atoms with van der Waals surface area (Å²) in [6.45, 7) is 6.14. The predicted octanol–water partition coefficient (Wildman–Crippen LogP) is 1.83. The first kappa shape index (κ1) is 18.5. The molecule has 0 aliphatic heterocycles. The van der Waals surface area contributed by atoms with Gasteiger partial charge in [0, 0.05) is 32.9 Å². The molecule has 0 saturated carbocycles. The van der Waals surface area contributed by atoms with Gasteiger partial charge in [0.05, 0.1) is 5.75 Å². The van der Waals surface area contributed by atoms with Gasteiger partial charge in [0.25, 0.3) is 0 Å². The fourth-order valence-electron chi connectivity index (χ4n) is 2.02. The summed E-state index contributed by atoms with van der Waals surface area (Å²) < 4.78 is 22.3. The lowest BCUT2D eigenvalue weighted by atomic mass is 10.1. The summed E-state index contributed by atoms with van der Waals surface area (Å²) in [4.78, 5) is 6.55. The summed E-state index contributed by atoms with van der Waals surface area (Å²) in [6.07, 6.45) is 1.80. The molecule has 0 radical (unpaired) electrons. The van der Waals surface area contributed by atoms with Crippen LogP contribution in [0.1, 0.15) is 24.5 Å². The van der Waals surface area contributed by atoms with E-state index in [0.717, 1.165) is 19.0 Å². The second-order valence-electron chi connectivity index (χ2n) is 5.56. The van der Waals surface area contributed by atoms with Gasteiger partial charge in [-0.3, -0.25) is 4.99 Å². The Labute approximate surface area is 134 Å². The highest BCUT2D eigenvalue weighted by molar-refractivity contribution is 7.90. The number of nitrogens with zero attached hydrogens (tertiary/aromatic N) is 2. The Hall–Kier alpha value is -1.56. The van der Waals surface area contributed by atoms with Gasteiger partial charge in [0.15, 0.2) is 5.96 Å². The van der Waals surface area contributed by atoms with E-state index in [2.05, 4.69) is 46.4 Å². The highest BCUT2D eigenvalue weighted by atomic mass is 32.2. The lowest BCUT2D eigenvalue weighted by Gasteiger charge is -2.22. The van der Waals surface area contributed by atoms with Gasteiger partial charge in [0.1, 0.15) is 9.84 Å². The molecule has 0 aliphatic carbocycles. The number of rotatable bonds is 7. The predicted molar refractivity (Wildman–Crippen MR) is 93.0 cm³/mol. The minimum atomic E-state index is -2.91. The van der Waals surface area contributed by atoms with Crippen molar-refractivity contribution in [3.05, 3.63) is 35.4 Å². The van der Waals surface area contributed by atoms with Crippen molar-refractivity contribution in [3.63, 3.8) is 0 Å². The Balaban J connectivity index is 2.61. The maximum absolute atomic E-state index is 11.1. The molecule has 0 fully saturated rings. The lowest BCUT2D eigenvalue weighted by molar-refractivity contribution is 0.477. The highest BCUT2D eigenvalue weighted by Gasteiger charge is 2.07. The van der Waals surface area contributed by atoms with Crippen LogP contribution in [-0.4, -0.2) is 51.4 Å². The molecule has 0 aromatic heterocycles. The number of hydrogen-bond donors (Lipinski definition) is 1. The summed E-state index contributed by atoms with van der Waals surface area (Å²) >= 11 is 0. The minimum absolute atomic E-state index is 0.178. The number of sulfone groups is 1. The van der Waals surface area contributed by atoms with E-state index in [1.807, 2.05) is 14.0 Å². The molecule has 0 spiro atoms. The van der Waals surface area contributed by atoms with Crippen LogP contribution in [-0.2, 0) is 16.4 Å².